The Kier molecular flexibility index (Phi) is 4.17. The summed E-state index contributed by atoms with van der Waals surface area (Å²) in [5.74, 6) is 0.252. The molecular weight excluding hydrogens is 286 g/mol. The van der Waals surface area contributed by atoms with Gasteiger partial charge in [0.2, 0.25) is 0 Å². The molecule has 7 nitrogen and oxygen atoms in total. The highest BCUT2D eigenvalue weighted by Gasteiger charge is 2.34. The van der Waals surface area contributed by atoms with Crippen LogP contribution in [-0.4, -0.2) is 45.8 Å². The molecule has 122 valence electrons. The molecule has 0 saturated heterocycles. The van der Waals surface area contributed by atoms with Crippen molar-refractivity contribution in [3.8, 4) is 0 Å². The van der Waals surface area contributed by atoms with Crippen LogP contribution < -0.4 is 0 Å². The number of aromatic nitrogens is 2. The first-order chi connectivity index (χ1) is 10.1. The van der Waals surface area contributed by atoms with Crippen LogP contribution in [0, 0.1) is 6.92 Å². The van der Waals surface area contributed by atoms with E-state index in [-0.39, 0.29) is 24.4 Å². The summed E-state index contributed by atoms with van der Waals surface area (Å²) in [5, 5.41) is 0. The molecule has 1 aliphatic rings. The largest absolute Gasteiger partial charge is 0.464 e. The van der Waals surface area contributed by atoms with Crippen LogP contribution in [0.15, 0.2) is 0 Å². The Balaban J connectivity index is 2.32. The molecule has 22 heavy (non-hydrogen) atoms. The van der Waals surface area contributed by atoms with Gasteiger partial charge in [0, 0.05) is 6.54 Å². The first-order valence-electron chi connectivity index (χ1n) is 7.28. The van der Waals surface area contributed by atoms with Crippen LogP contribution in [0.3, 0.4) is 0 Å². The number of carbonyl (C=O) groups excluding carboxylic acids is 2. The Morgan fingerprint density at radius 1 is 1.32 bits per heavy atom. The van der Waals surface area contributed by atoms with Crippen molar-refractivity contribution < 1.29 is 19.1 Å². The minimum Gasteiger partial charge on any atom is -0.464 e. The number of imidazole rings is 1. The number of ether oxygens (including phenoxy) is 2. The number of fused-ring (bicyclic) bond motifs is 1. The van der Waals surface area contributed by atoms with Gasteiger partial charge in [-0.05, 0) is 34.6 Å². The van der Waals surface area contributed by atoms with Crippen molar-refractivity contribution >= 4 is 12.1 Å². The van der Waals surface area contributed by atoms with Crippen molar-refractivity contribution in [1.82, 2.24) is 14.5 Å². The van der Waals surface area contributed by atoms with Crippen LogP contribution in [0.25, 0.3) is 0 Å². The SMILES string of the molecule is COC(=O)c1nc(C)n2c1CN(C(=O)OC(C)(C)C)C[C@H]2C. The van der Waals surface area contributed by atoms with Crippen LogP contribution in [0.1, 0.15) is 55.7 Å². The van der Waals surface area contributed by atoms with Gasteiger partial charge in [-0.3, -0.25) is 0 Å². The van der Waals surface area contributed by atoms with Crippen LogP contribution in [0.4, 0.5) is 4.79 Å². The molecule has 0 fully saturated rings. The third kappa shape index (κ3) is 3.08. The summed E-state index contributed by atoms with van der Waals surface area (Å²) in [6, 6.07) is 0.0159. The topological polar surface area (TPSA) is 73.7 Å². The molecule has 0 spiro atoms. The van der Waals surface area contributed by atoms with Gasteiger partial charge in [-0.25, -0.2) is 14.6 Å². The Hall–Kier alpha value is -2.05. The Morgan fingerprint density at radius 3 is 2.50 bits per heavy atom. The van der Waals surface area contributed by atoms with Gasteiger partial charge < -0.3 is 18.9 Å². The molecule has 0 saturated carbocycles. The second kappa shape index (κ2) is 5.62. The highest BCUT2D eigenvalue weighted by molar-refractivity contribution is 5.88. The monoisotopic (exact) mass is 309 g/mol. The Morgan fingerprint density at radius 2 is 1.95 bits per heavy atom. The second-order valence-electron chi connectivity index (χ2n) is 6.53. The number of rotatable bonds is 1. The van der Waals surface area contributed by atoms with Gasteiger partial charge in [0.25, 0.3) is 0 Å². The number of hydrogen-bond acceptors (Lipinski definition) is 5. The lowest BCUT2D eigenvalue weighted by Gasteiger charge is -2.34. The van der Waals surface area contributed by atoms with Crippen molar-refractivity contribution in [3.05, 3.63) is 17.2 Å². The minimum absolute atomic E-state index is 0.0159. The van der Waals surface area contributed by atoms with Gasteiger partial charge in [-0.2, -0.15) is 0 Å². The summed E-state index contributed by atoms with van der Waals surface area (Å²) in [7, 11) is 1.32. The summed E-state index contributed by atoms with van der Waals surface area (Å²) in [6.45, 7) is 10.1. The molecule has 0 unspecified atom stereocenters. The molecule has 2 rings (SSSR count). The standard InChI is InChI=1S/C15H23N3O4/c1-9-7-17(14(20)22-15(3,4)5)8-11-12(13(19)21-6)16-10(2)18(9)11/h9H,7-8H2,1-6H3/t9-/m1/s1. The zero-order valence-electron chi connectivity index (χ0n) is 14.0. The zero-order valence-corrected chi connectivity index (χ0v) is 14.0. The molecule has 1 aromatic rings. The smallest absolute Gasteiger partial charge is 0.410 e. The van der Waals surface area contributed by atoms with E-state index in [0.717, 1.165) is 5.82 Å². The summed E-state index contributed by atoms with van der Waals surface area (Å²) in [4.78, 5) is 30.0. The number of nitrogens with zero attached hydrogens (tertiary/aromatic N) is 3. The summed E-state index contributed by atoms with van der Waals surface area (Å²) in [6.07, 6.45) is -0.389. The lowest BCUT2D eigenvalue weighted by atomic mass is 10.1. The molecule has 0 aliphatic carbocycles. The van der Waals surface area contributed by atoms with Crippen LogP contribution in [-0.2, 0) is 16.0 Å². The van der Waals surface area contributed by atoms with Gasteiger partial charge in [0.1, 0.15) is 11.4 Å². The first kappa shape index (κ1) is 16.3. The summed E-state index contributed by atoms with van der Waals surface area (Å²) in [5.41, 5.74) is 0.396. The number of hydrogen-bond donors (Lipinski definition) is 0. The molecule has 0 bridgehead atoms. The fourth-order valence-electron chi connectivity index (χ4n) is 2.70. The maximum absolute atomic E-state index is 12.3. The third-order valence-electron chi connectivity index (χ3n) is 3.48. The predicted octanol–water partition coefficient (Wildman–Crippen LogP) is 2.29. The molecule has 0 N–H and O–H groups in total. The second-order valence-corrected chi connectivity index (χ2v) is 6.53. The lowest BCUT2D eigenvalue weighted by Crippen LogP contribution is -2.43. The zero-order chi connectivity index (χ0) is 16.7. The van der Waals surface area contributed by atoms with Crippen molar-refractivity contribution in [2.45, 2.75) is 52.8 Å². The number of aryl methyl sites for hydroxylation is 1. The molecule has 2 heterocycles. The van der Waals surface area contributed by atoms with Crippen LogP contribution >= 0.6 is 0 Å². The molecule has 7 heteroatoms. The molecular formula is C15H23N3O4. The number of methoxy groups -OCH3 is 1. The predicted molar refractivity (Wildman–Crippen MR) is 79.7 cm³/mol. The van der Waals surface area contributed by atoms with Crippen LogP contribution in [0.2, 0.25) is 0 Å². The molecule has 1 amide bonds. The van der Waals surface area contributed by atoms with E-state index in [0.29, 0.717) is 12.2 Å². The summed E-state index contributed by atoms with van der Waals surface area (Å²) < 4.78 is 12.2. The lowest BCUT2D eigenvalue weighted by molar-refractivity contribution is 0.0169. The molecule has 0 radical (unpaired) electrons. The maximum Gasteiger partial charge on any atom is 0.410 e. The first-order valence-corrected chi connectivity index (χ1v) is 7.28. The average molecular weight is 309 g/mol. The Labute approximate surface area is 130 Å². The van der Waals surface area contributed by atoms with E-state index >= 15 is 0 Å². The highest BCUT2D eigenvalue weighted by atomic mass is 16.6. The van der Waals surface area contributed by atoms with Gasteiger partial charge in [0.05, 0.1) is 25.4 Å². The number of amides is 1. The average Bonchev–Trinajstić information content (AvgIpc) is 2.73. The van der Waals surface area contributed by atoms with E-state index in [9.17, 15) is 9.59 Å². The third-order valence-corrected chi connectivity index (χ3v) is 3.48. The molecule has 1 aliphatic heterocycles. The van der Waals surface area contributed by atoms with Crippen molar-refractivity contribution in [2.75, 3.05) is 13.7 Å². The highest BCUT2D eigenvalue weighted by Crippen LogP contribution is 2.27. The quantitative estimate of drug-likeness (QED) is 0.744. The van der Waals surface area contributed by atoms with Gasteiger partial charge >= 0.3 is 12.1 Å². The number of esters is 1. The minimum atomic E-state index is -0.556. The normalized spacial score (nSPS) is 17.9. The Bertz CT molecular complexity index is 601. The van der Waals surface area contributed by atoms with E-state index in [1.54, 1.807) is 4.90 Å². The van der Waals surface area contributed by atoms with Crippen LogP contribution in [0.5, 0.6) is 0 Å². The van der Waals surface area contributed by atoms with E-state index in [1.165, 1.54) is 7.11 Å². The van der Waals surface area contributed by atoms with Crippen molar-refractivity contribution in [2.24, 2.45) is 0 Å². The molecule has 1 atom stereocenters. The van der Waals surface area contributed by atoms with Crippen molar-refractivity contribution in [1.29, 1.82) is 0 Å². The molecule has 1 aromatic heterocycles. The molecule has 0 aromatic carbocycles. The van der Waals surface area contributed by atoms with E-state index < -0.39 is 11.6 Å². The van der Waals surface area contributed by atoms with E-state index in [1.807, 2.05) is 39.2 Å². The van der Waals surface area contributed by atoms with Gasteiger partial charge in [-0.15, -0.1) is 0 Å². The summed E-state index contributed by atoms with van der Waals surface area (Å²) >= 11 is 0. The number of carbonyl (C=O) groups is 2. The van der Waals surface area contributed by atoms with Gasteiger partial charge in [-0.1, -0.05) is 0 Å². The van der Waals surface area contributed by atoms with E-state index in [2.05, 4.69) is 4.98 Å². The maximum atomic E-state index is 12.3. The van der Waals surface area contributed by atoms with Crippen molar-refractivity contribution in [3.63, 3.8) is 0 Å². The van der Waals surface area contributed by atoms with E-state index in [4.69, 9.17) is 9.47 Å². The fourth-order valence-corrected chi connectivity index (χ4v) is 2.70. The fraction of sp³-hybridized carbons (Fsp3) is 0.667. The van der Waals surface area contributed by atoms with Gasteiger partial charge in [0.15, 0.2) is 5.69 Å².